The van der Waals surface area contributed by atoms with Gasteiger partial charge in [0.05, 0.1) is 5.39 Å². The van der Waals surface area contributed by atoms with Crippen molar-refractivity contribution in [3.8, 4) is 0 Å². The highest BCUT2D eigenvalue weighted by Gasteiger charge is 2.22. The third-order valence-corrected chi connectivity index (χ3v) is 6.48. The van der Waals surface area contributed by atoms with Gasteiger partial charge >= 0.3 is 0 Å². The van der Waals surface area contributed by atoms with Gasteiger partial charge in [0.25, 0.3) is 0 Å². The number of hydrogen-bond donors (Lipinski definition) is 2. The molecule has 5 nitrogen and oxygen atoms in total. The molecule has 0 atom stereocenters. The molecule has 2 aliphatic rings. The third-order valence-electron chi connectivity index (χ3n) is 5.29. The zero-order valence-corrected chi connectivity index (χ0v) is 15.7. The molecule has 2 heterocycles. The maximum absolute atomic E-state index is 12.2. The van der Waals surface area contributed by atoms with Crippen LogP contribution in [0.1, 0.15) is 61.2 Å². The van der Waals surface area contributed by atoms with E-state index in [0.717, 1.165) is 35.7 Å². The van der Waals surface area contributed by atoms with E-state index in [1.165, 1.54) is 47.9 Å². The highest BCUT2D eigenvalue weighted by molar-refractivity contribution is 7.19. The molecule has 134 valence electrons. The van der Waals surface area contributed by atoms with Gasteiger partial charge in [-0.2, -0.15) is 0 Å². The SMILES string of the molecule is Cc1nc(NCCC(=O)NC2CCCCC2)c2c3c(sc2n1)CCC3. The van der Waals surface area contributed by atoms with Crippen LogP contribution >= 0.6 is 11.3 Å². The summed E-state index contributed by atoms with van der Waals surface area (Å²) >= 11 is 1.81. The Kier molecular flexibility index (Phi) is 4.88. The summed E-state index contributed by atoms with van der Waals surface area (Å²) in [5.41, 5.74) is 1.43. The molecule has 1 saturated carbocycles. The minimum atomic E-state index is 0.150. The fraction of sp³-hybridized carbons (Fsp3) is 0.632. The van der Waals surface area contributed by atoms with E-state index < -0.39 is 0 Å². The van der Waals surface area contributed by atoms with Gasteiger partial charge in [0.1, 0.15) is 16.5 Å². The first-order valence-electron chi connectivity index (χ1n) is 9.53. The standard InChI is InChI=1S/C19H26N4OS/c1-12-21-18(17-14-8-5-9-15(14)25-19(17)22-12)20-11-10-16(24)23-13-6-3-2-4-7-13/h13H,2-11H2,1H3,(H,23,24)(H,20,21,22). The Morgan fingerprint density at radius 2 is 2.00 bits per heavy atom. The fourth-order valence-corrected chi connectivity index (χ4v) is 5.38. The minimum absolute atomic E-state index is 0.150. The van der Waals surface area contributed by atoms with Crippen LogP contribution in [0, 0.1) is 6.92 Å². The average molecular weight is 359 g/mol. The predicted octanol–water partition coefficient (Wildman–Crippen LogP) is 3.74. The first-order valence-corrected chi connectivity index (χ1v) is 10.3. The lowest BCUT2D eigenvalue weighted by molar-refractivity contribution is -0.121. The number of nitrogens with zero attached hydrogens (tertiary/aromatic N) is 2. The van der Waals surface area contributed by atoms with Gasteiger partial charge in [0.2, 0.25) is 5.91 Å². The monoisotopic (exact) mass is 358 g/mol. The number of amides is 1. The number of anilines is 1. The molecule has 0 aromatic carbocycles. The Hall–Kier alpha value is -1.69. The van der Waals surface area contributed by atoms with Crippen LogP contribution < -0.4 is 10.6 Å². The lowest BCUT2D eigenvalue weighted by atomic mass is 9.95. The summed E-state index contributed by atoms with van der Waals surface area (Å²) in [4.78, 5) is 24.0. The maximum Gasteiger partial charge on any atom is 0.221 e. The number of nitrogens with one attached hydrogen (secondary N) is 2. The number of thiophene rings is 1. The van der Waals surface area contributed by atoms with Crippen LogP contribution in [0.25, 0.3) is 10.2 Å². The van der Waals surface area contributed by atoms with Gasteiger partial charge in [-0.3, -0.25) is 4.79 Å². The summed E-state index contributed by atoms with van der Waals surface area (Å²) in [6.07, 6.45) is 10.1. The van der Waals surface area contributed by atoms with Crippen LogP contribution in [-0.4, -0.2) is 28.5 Å². The first kappa shape index (κ1) is 16.8. The first-order chi connectivity index (χ1) is 12.2. The van der Waals surface area contributed by atoms with Crippen LogP contribution in [0.4, 0.5) is 5.82 Å². The topological polar surface area (TPSA) is 66.9 Å². The van der Waals surface area contributed by atoms with Gasteiger partial charge in [0.15, 0.2) is 0 Å². The molecule has 0 radical (unpaired) electrons. The molecule has 4 rings (SSSR count). The molecule has 0 aliphatic heterocycles. The van der Waals surface area contributed by atoms with Crippen LogP contribution in [0.2, 0.25) is 0 Å². The maximum atomic E-state index is 12.2. The van der Waals surface area contributed by atoms with Crippen molar-refractivity contribution >= 4 is 33.3 Å². The van der Waals surface area contributed by atoms with Gasteiger partial charge in [-0.25, -0.2) is 9.97 Å². The molecule has 2 aromatic rings. The molecule has 0 spiro atoms. The lowest BCUT2D eigenvalue weighted by Crippen LogP contribution is -2.36. The number of rotatable bonds is 5. The van der Waals surface area contributed by atoms with Crippen molar-refractivity contribution in [3.63, 3.8) is 0 Å². The number of fused-ring (bicyclic) bond motifs is 3. The smallest absolute Gasteiger partial charge is 0.221 e. The van der Waals surface area contributed by atoms with Gasteiger partial charge in [-0.15, -0.1) is 11.3 Å². The predicted molar refractivity (Wildman–Crippen MR) is 102 cm³/mol. The summed E-state index contributed by atoms with van der Waals surface area (Å²) in [5.74, 6) is 1.85. The van der Waals surface area contributed by atoms with Crippen LogP contribution in [0.5, 0.6) is 0 Å². The van der Waals surface area contributed by atoms with Gasteiger partial charge < -0.3 is 10.6 Å². The van der Waals surface area contributed by atoms with E-state index in [9.17, 15) is 4.79 Å². The summed E-state index contributed by atoms with van der Waals surface area (Å²) in [7, 11) is 0. The molecule has 0 saturated heterocycles. The molecule has 25 heavy (non-hydrogen) atoms. The molecular formula is C19H26N4OS. The lowest BCUT2D eigenvalue weighted by Gasteiger charge is -2.22. The van der Waals surface area contributed by atoms with Gasteiger partial charge in [0, 0.05) is 23.9 Å². The van der Waals surface area contributed by atoms with Crippen molar-refractivity contribution in [2.75, 3.05) is 11.9 Å². The Bertz CT molecular complexity index is 779. The van der Waals surface area contributed by atoms with Crippen LogP contribution in [-0.2, 0) is 17.6 Å². The second kappa shape index (κ2) is 7.28. The number of carbonyl (C=O) groups is 1. The van der Waals surface area contributed by atoms with Gasteiger partial charge in [-0.1, -0.05) is 19.3 Å². The number of aryl methyl sites for hydroxylation is 3. The summed E-state index contributed by atoms with van der Waals surface area (Å²) in [6, 6.07) is 0.384. The highest BCUT2D eigenvalue weighted by atomic mass is 32.1. The van der Waals surface area contributed by atoms with Crippen molar-refractivity contribution in [1.29, 1.82) is 0 Å². The average Bonchev–Trinajstić information content (AvgIpc) is 3.16. The number of aromatic nitrogens is 2. The van der Waals surface area contributed by atoms with E-state index in [4.69, 9.17) is 0 Å². The van der Waals surface area contributed by atoms with E-state index in [1.54, 1.807) is 0 Å². The molecule has 2 aromatic heterocycles. The zero-order valence-electron chi connectivity index (χ0n) is 14.9. The molecule has 2 N–H and O–H groups in total. The van der Waals surface area contributed by atoms with E-state index in [1.807, 2.05) is 18.3 Å². The molecule has 6 heteroatoms. The molecular weight excluding hydrogens is 332 g/mol. The fourth-order valence-electron chi connectivity index (χ4n) is 4.07. The van der Waals surface area contributed by atoms with Crippen molar-refractivity contribution in [3.05, 3.63) is 16.3 Å². The second-order valence-electron chi connectivity index (χ2n) is 7.24. The van der Waals surface area contributed by atoms with Crippen LogP contribution in [0.15, 0.2) is 0 Å². The molecule has 1 fully saturated rings. The van der Waals surface area contributed by atoms with E-state index in [2.05, 4.69) is 20.6 Å². The Balaban J connectivity index is 1.40. The van der Waals surface area contributed by atoms with Crippen molar-refractivity contribution in [2.45, 2.75) is 70.8 Å². The Morgan fingerprint density at radius 1 is 1.16 bits per heavy atom. The third kappa shape index (κ3) is 3.64. The van der Waals surface area contributed by atoms with Crippen molar-refractivity contribution in [2.24, 2.45) is 0 Å². The van der Waals surface area contributed by atoms with E-state index >= 15 is 0 Å². The molecule has 2 aliphatic carbocycles. The molecule has 0 bridgehead atoms. The summed E-state index contributed by atoms with van der Waals surface area (Å²) in [5, 5.41) is 7.78. The second-order valence-corrected chi connectivity index (χ2v) is 8.32. The van der Waals surface area contributed by atoms with Crippen molar-refractivity contribution in [1.82, 2.24) is 15.3 Å². The number of hydrogen-bond acceptors (Lipinski definition) is 5. The normalized spacial score (nSPS) is 17.6. The van der Waals surface area contributed by atoms with Crippen molar-refractivity contribution < 1.29 is 4.79 Å². The summed E-state index contributed by atoms with van der Waals surface area (Å²) < 4.78 is 0. The zero-order chi connectivity index (χ0) is 17.2. The Morgan fingerprint density at radius 3 is 2.84 bits per heavy atom. The molecule has 0 unspecified atom stereocenters. The largest absolute Gasteiger partial charge is 0.369 e. The number of carbonyl (C=O) groups excluding carboxylic acids is 1. The van der Waals surface area contributed by atoms with E-state index in [-0.39, 0.29) is 5.91 Å². The minimum Gasteiger partial charge on any atom is -0.369 e. The highest BCUT2D eigenvalue weighted by Crippen LogP contribution is 2.39. The molecule has 1 amide bonds. The quantitative estimate of drug-likeness (QED) is 0.854. The van der Waals surface area contributed by atoms with Gasteiger partial charge in [-0.05, 0) is 44.6 Å². The Labute approximate surface area is 152 Å². The van der Waals surface area contributed by atoms with E-state index in [0.29, 0.717) is 19.0 Å². The van der Waals surface area contributed by atoms with Crippen LogP contribution in [0.3, 0.4) is 0 Å². The summed E-state index contributed by atoms with van der Waals surface area (Å²) in [6.45, 7) is 2.56.